The van der Waals surface area contributed by atoms with Gasteiger partial charge in [0.15, 0.2) is 11.6 Å². The molecular weight excluding hydrogens is 354 g/mol. The van der Waals surface area contributed by atoms with Gasteiger partial charge in [-0.25, -0.2) is 8.42 Å². The van der Waals surface area contributed by atoms with E-state index in [1.54, 1.807) is 42.5 Å². The van der Waals surface area contributed by atoms with Gasteiger partial charge in [0.05, 0.1) is 17.0 Å². The molecule has 0 fully saturated rings. The summed E-state index contributed by atoms with van der Waals surface area (Å²) in [6.07, 6.45) is 1.31. The average Bonchev–Trinajstić information content (AvgIpc) is 2.58. The molecule has 7 heteroatoms. The van der Waals surface area contributed by atoms with Gasteiger partial charge in [0.1, 0.15) is 9.84 Å². The Morgan fingerprint density at radius 3 is 2.19 bits per heavy atom. The van der Waals surface area contributed by atoms with Gasteiger partial charge in [0.25, 0.3) is 0 Å². The zero-order chi connectivity index (χ0) is 18.9. The molecule has 1 aliphatic rings. The normalized spacial score (nSPS) is 13.1. The average molecular weight is 371 g/mol. The molecule has 0 bridgehead atoms. The molecule has 0 unspecified atom stereocenters. The molecule has 134 valence electrons. The molecule has 0 aliphatic heterocycles. The van der Waals surface area contributed by atoms with Crippen molar-refractivity contribution in [2.75, 3.05) is 17.3 Å². The van der Waals surface area contributed by atoms with Gasteiger partial charge in [-0.2, -0.15) is 0 Å². The number of ketones is 2. The molecule has 2 aromatic carbocycles. The van der Waals surface area contributed by atoms with Crippen molar-refractivity contribution in [3.05, 3.63) is 64.7 Å². The fourth-order valence-corrected chi connectivity index (χ4v) is 3.63. The van der Waals surface area contributed by atoms with E-state index >= 15 is 0 Å². The molecule has 1 amide bonds. The lowest BCUT2D eigenvalue weighted by molar-refractivity contribution is -0.116. The highest BCUT2D eigenvalue weighted by Gasteiger charge is 2.31. The van der Waals surface area contributed by atoms with E-state index in [1.165, 1.54) is 0 Å². The lowest BCUT2D eigenvalue weighted by Gasteiger charge is -2.20. The number of carbonyl (C=O) groups is 3. The highest BCUT2D eigenvalue weighted by Crippen LogP contribution is 2.31. The van der Waals surface area contributed by atoms with Crippen molar-refractivity contribution in [2.24, 2.45) is 0 Å². The molecule has 0 spiro atoms. The first-order valence-electron chi connectivity index (χ1n) is 8.07. The standard InChI is InChI=1S/C19H17NO5S/c1-26(24,25)11-5-10-16(21)20-15-9-4-8-14-17(15)19(23)13-7-3-2-6-12(13)18(14)22/h2-4,6-9H,5,10-11H2,1H3,(H,20,21). The molecule has 0 radical (unpaired) electrons. The smallest absolute Gasteiger partial charge is 0.224 e. The fraction of sp³-hybridized carbons (Fsp3) is 0.211. The third-order valence-corrected chi connectivity index (χ3v) is 5.18. The molecule has 0 atom stereocenters. The Morgan fingerprint density at radius 2 is 1.54 bits per heavy atom. The Morgan fingerprint density at radius 1 is 0.923 bits per heavy atom. The van der Waals surface area contributed by atoms with E-state index in [9.17, 15) is 22.8 Å². The van der Waals surface area contributed by atoms with Crippen LogP contribution in [-0.4, -0.2) is 37.9 Å². The van der Waals surface area contributed by atoms with Crippen LogP contribution in [0.1, 0.15) is 44.7 Å². The van der Waals surface area contributed by atoms with Crippen molar-refractivity contribution < 1.29 is 22.8 Å². The largest absolute Gasteiger partial charge is 0.325 e. The molecule has 6 nitrogen and oxygen atoms in total. The summed E-state index contributed by atoms with van der Waals surface area (Å²) >= 11 is 0. The van der Waals surface area contributed by atoms with Crippen molar-refractivity contribution in [3.63, 3.8) is 0 Å². The van der Waals surface area contributed by atoms with E-state index in [0.717, 1.165) is 6.26 Å². The number of hydrogen-bond donors (Lipinski definition) is 1. The summed E-state index contributed by atoms with van der Waals surface area (Å²) in [5.41, 5.74) is 1.35. The quantitative estimate of drug-likeness (QED) is 0.742. The maximum atomic E-state index is 12.8. The van der Waals surface area contributed by atoms with Gasteiger partial charge in [-0.05, 0) is 12.5 Å². The topological polar surface area (TPSA) is 97.4 Å². The zero-order valence-electron chi connectivity index (χ0n) is 14.1. The van der Waals surface area contributed by atoms with Crippen molar-refractivity contribution in [1.29, 1.82) is 0 Å². The highest BCUT2D eigenvalue weighted by atomic mass is 32.2. The summed E-state index contributed by atoms with van der Waals surface area (Å²) in [6.45, 7) is 0. The van der Waals surface area contributed by atoms with Gasteiger partial charge in [-0.3, -0.25) is 14.4 Å². The minimum absolute atomic E-state index is 0.00939. The summed E-state index contributed by atoms with van der Waals surface area (Å²) in [5.74, 6) is -1.07. The van der Waals surface area contributed by atoms with Crippen LogP contribution in [0.4, 0.5) is 5.69 Å². The number of amides is 1. The molecule has 3 rings (SSSR count). The summed E-state index contributed by atoms with van der Waals surface area (Å²) in [6, 6.07) is 11.3. The molecular formula is C19H17NO5S. The minimum Gasteiger partial charge on any atom is -0.325 e. The molecule has 0 saturated carbocycles. The van der Waals surface area contributed by atoms with Crippen LogP contribution in [0.3, 0.4) is 0 Å². The number of sulfone groups is 1. The number of hydrogen-bond acceptors (Lipinski definition) is 5. The summed E-state index contributed by atoms with van der Waals surface area (Å²) < 4.78 is 22.3. The third-order valence-electron chi connectivity index (χ3n) is 4.15. The summed E-state index contributed by atoms with van der Waals surface area (Å²) in [4.78, 5) is 37.6. The summed E-state index contributed by atoms with van der Waals surface area (Å²) in [7, 11) is -3.14. The first kappa shape index (κ1) is 18.0. The predicted molar refractivity (Wildman–Crippen MR) is 97.3 cm³/mol. The Balaban J connectivity index is 1.86. The molecule has 0 saturated heterocycles. The number of nitrogens with one attached hydrogen (secondary N) is 1. The number of benzene rings is 2. The maximum Gasteiger partial charge on any atom is 0.224 e. The third kappa shape index (κ3) is 3.57. The second kappa shape index (κ2) is 6.84. The lowest BCUT2D eigenvalue weighted by Crippen LogP contribution is -2.24. The van der Waals surface area contributed by atoms with Gasteiger partial charge in [0, 0.05) is 29.4 Å². The lowest BCUT2D eigenvalue weighted by atomic mass is 9.83. The Bertz CT molecular complexity index is 1020. The van der Waals surface area contributed by atoms with Crippen LogP contribution in [0.2, 0.25) is 0 Å². The second-order valence-corrected chi connectivity index (χ2v) is 8.47. The van der Waals surface area contributed by atoms with Crippen LogP contribution in [0.5, 0.6) is 0 Å². The van der Waals surface area contributed by atoms with E-state index < -0.39 is 15.7 Å². The second-order valence-electron chi connectivity index (χ2n) is 6.21. The Hall–Kier alpha value is -2.80. The fourth-order valence-electron chi connectivity index (χ4n) is 2.96. The van der Waals surface area contributed by atoms with Gasteiger partial charge in [-0.1, -0.05) is 36.4 Å². The molecule has 2 aromatic rings. The van der Waals surface area contributed by atoms with Gasteiger partial charge < -0.3 is 5.32 Å². The van der Waals surface area contributed by atoms with E-state index in [1.807, 2.05) is 0 Å². The highest BCUT2D eigenvalue weighted by molar-refractivity contribution is 7.90. The van der Waals surface area contributed by atoms with E-state index in [0.29, 0.717) is 11.1 Å². The first-order valence-corrected chi connectivity index (χ1v) is 10.1. The first-order chi connectivity index (χ1) is 12.3. The van der Waals surface area contributed by atoms with Crippen LogP contribution in [0.25, 0.3) is 0 Å². The van der Waals surface area contributed by atoms with Crippen LogP contribution in [0, 0.1) is 0 Å². The van der Waals surface area contributed by atoms with Crippen LogP contribution < -0.4 is 5.32 Å². The van der Waals surface area contributed by atoms with Crippen LogP contribution in [0.15, 0.2) is 42.5 Å². The molecule has 1 N–H and O–H groups in total. The number of fused-ring (bicyclic) bond motifs is 2. The summed E-state index contributed by atoms with van der Waals surface area (Å²) in [5, 5.41) is 2.63. The van der Waals surface area contributed by atoms with E-state index in [2.05, 4.69) is 5.32 Å². The van der Waals surface area contributed by atoms with Crippen molar-refractivity contribution >= 4 is 33.0 Å². The molecule has 1 aliphatic carbocycles. The van der Waals surface area contributed by atoms with Crippen LogP contribution >= 0.6 is 0 Å². The van der Waals surface area contributed by atoms with Gasteiger partial charge in [0.2, 0.25) is 5.91 Å². The van der Waals surface area contributed by atoms with E-state index in [-0.39, 0.29) is 47.0 Å². The Kier molecular flexibility index (Phi) is 4.73. The van der Waals surface area contributed by atoms with Crippen molar-refractivity contribution in [2.45, 2.75) is 12.8 Å². The monoisotopic (exact) mass is 371 g/mol. The number of anilines is 1. The molecule has 0 heterocycles. The number of carbonyl (C=O) groups excluding carboxylic acids is 3. The van der Waals surface area contributed by atoms with Gasteiger partial charge >= 0.3 is 0 Å². The molecule has 0 aromatic heterocycles. The Labute approximate surface area is 151 Å². The van der Waals surface area contributed by atoms with Crippen molar-refractivity contribution in [1.82, 2.24) is 0 Å². The van der Waals surface area contributed by atoms with Gasteiger partial charge in [-0.15, -0.1) is 0 Å². The number of rotatable bonds is 5. The minimum atomic E-state index is -3.14. The predicted octanol–water partition coefficient (Wildman–Crippen LogP) is 2.23. The van der Waals surface area contributed by atoms with E-state index in [4.69, 9.17) is 0 Å². The zero-order valence-corrected chi connectivity index (χ0v) is 14.9. The maximum absolute atomic E-state index is 12.8. The SMILES string of the molecule is CS(=O)(=O)CCCC(=O)Nc1cccc2c1C(=O)c1ccccc1C2=O. The van der Waals surface area contributed by atoms with Crippen LogP contribution in [-0.2, 0) is 14.6 Å². The van der Waals surface area contributed by atoms with Crippen molar-refractivity contribution in [3.8, 4) is 0 Å². The molecule has 26 heavy (non-hydrogen) atoms.